The molecular weight excluding hydrogens is 528 g/mol. The van der Waals surface area contributed by atoms with Crippen molar-refractivity contribution in [1.82, 2.24) is 15.2 Å². The van der Waals surface area contributed by atoms with E-state index >= 15 is 0 Å². The molecule has 1 aliphatic heterocycles. The number of pyridine rings is 1. The van der Waals surface area contributed by atoms with E-state index in [0.717, 1.165) is 6.07 Å². The number of aliphatic hydroxyl groups is 1. The van der Waals surface area contributed by atoms with Gasteiger partial charge in [0, 0.05) is 30.6 Å². The third-order valence-electron chi connectivity index (χ3n) is 5.97. The molecular formula is C22H21F6N5O3S. The minimum absolute atomic E-state index is 0.0774. The Morgan fingerprint density at radius 1 is 1.11 bits per heavy atom. The summed E-state index contributed by atoms with van der Waals surface area (Å²) in [6, 6.07) is 4.41. The smallest absolute Gasteiger partial charge is 0.390 e. The molecule has 0 bridgehead atoms. The van der Waals surface area contributed by atoms with Gasteiger partial charge in [0.05, 0.1) is 34.0 Å². The van der Waals surface area contributed by atoms with E-state index in [2.05, 4.69) is 20.5 Å². The molecule has 1 fully saturated rings. The van der Waals surface area contributed by atoms with Gasteiger partial charge in [-0.1, -0.05) is 12.1 Å². The predicted molar refractivity (Wildman–Crippen MR) is 123 cm³/mol. The lowest BCUT2D eigenvalue weighted by Gasteiger charge is -2.30. The van der Waals surface area contributed by atoms with Crippen molar-refractivity contribution in [3.63, 3.8) is 0 Å². The van der Waals surface area contributed by atoms with Crippen molar-refractivity contribution < 1.29 is 39.9 Å². The van der Waals surface area contributed by atoms with Gasteiger partial charge >= 0.3 is 6.18 Å². The lowest BCUT2D eigenvalue weighted by Crippen LogP contribution is -2.41. The van der Waals surface area contributed by atoms with E-state index in [1.54, 1.807) is 0 Å². The second-order valence-corrected chi connectivity index (χ2v) is 10.8. The van der Waals surface area contributed by atoms with Crippen LogP contribution in [-0.4, -0.2) is 59.9 Å². The van der Waals surface area contributed by atoms with Crippen LogP contribution >= 0.6 is 0 Å². The number of aromatic nitrogens is 3. The number of hydrogen-bond acceptors (Lipinski definition) is 8. The number of benzene rings is 1. The van der Waals surface area contributed by atoms with Crippen molar-refractivity contribution in [3.8, 4) is 0 Å². The first kappa shape index (κ1) is 26.9. The SMILES string of the molecule is Cc1nnc(NCc2cccc(C(F)(F)CO)c2F)c2cc(N3CCS(=O)(=O)CC3)c(C(F)(F)F)nc12. The number of sulfone groups is 1. The Morgan fingerprint density at radius 3 is 2.41 bits per heavy atom. The maximum absolute atomic E-state index is 14.7. The molecule has 3 heterocycles. The van der Waals surface area contributed by atoms with Gasteiger partial charge in [-0.25, -0.2) is 17.8 Å². The van der Waals surface area contributed by atoms with Crippen molar-refractivity contribution >= 4 is 32.2 Å². The van der Waals surface area contributed by atoms with Gasteiger partial charge in [-0.05, 0) is 19.1 Å². The number of aryl methyl sites for hydroxylation is 1. The molecule has 0 unspecified atom stereocenters. The summed E-state index contributed by atoms with van der Waals surface area (Å²) < 4.78 is 108. The first-order valence-electron chi connectivity index (χ1n) is 10.9. The van der Waals surface area contributed by atoms with Gasteiger partial charge in [-0.2, -0.15) is 27.1 Å². The Labute approximate surface area is 207 Å². The first-order valence-corrected chi connectivity index (χ1v) is 12.8. The van der Waals surface area contributed by atoms with Crippen LogP contribution in [0.5, 0.6) is 0 Å². The highest BCUT2D eigenvalue weighted by Gasteiger charge is 2.39. The first-order chi connectivity index (χ1) is 17.2. The number of fused-ring (bicyclic) bond motifs is 1. The number of nitrogens with one attached hydrogen (secondary N) is 1. The zero-order valence-electron chi connectivity index (χ0n) is 19.3. The third-order valence-corrected chi connectivity index (χ3v) is 7.58. The Morgan fingerprint density at radius 2 is 1.78 bits per heavy atom. The fourth-order valence-electron chi connectivity index (χ4n) is 3.98. The molecule has 0 amide bonds. The Bertz CT molecular complexity index is 1430. The second kappa shape index (κ2) is 9.59. The molecule has 200 valence electrons. The van der Waals surface area contributed by atoms with Crippen molar-refractivity contribution in [2.24, 2.45) is 0 Å². The van der Waals surface area contributed by atoms with Crippen LogP contribution in [-0.2, 0) is 28.5 Å². The standard InChI is InChI=1S/C22H21F6N5O3S/c1-12-18-14(9-16(19(30-18)22(26,27)28)33-5-7-37(35,36)8-6-33)20(32-31-12)29-10-13-3-2-4-15(17(13)23)21(24,25)11-34/h2-4,9,34H,5-8,10-11H2,1H3,(H,29,32). The fourth-order valence-corrected chi connectivity index (χ4v) is 5.18. The summed E-state index contributed by atoms with van der Waals surface area (Å²) in [6.45, 7) is -0.916. The quantitative estimate of drug-likeness (QED) is 0.451. The summed E-state index contributed by atoms with van der Waals surface area (Å²) in [6.07, 6.45) is -4.86. The predicted octanol–water partition coefficient (Wildman–Crippen LogP) is 3.42. The van der Waals surface area contributed by atoms with Crippen molar-refractivity contribution in [1.29, 1.82) is 0 Å². The van der Waals surface area contributed by atoms with E-state index < -0.39 is 45.6 Å². The van der Waals surface area contributed by atoms with E-state index in [4.69, 9.17) is 5.11 Å². The van der Waals surface area contributed by atoms with Gasteiger partial charge in [-0.15, -0.1) is 5.10 Å². The van der Waals surface area contributed by atoms with Crippen LogP contribution < -0.4 is 10.2 Å². The Kier molecular flexibility index (Phi) is 6.96. The number of rotatable bonds is 6. The highest BCUT2D eigenvalue weighted by atomic mass is 32.2. The highest BCUT2D eigenvalue weighted by Crippen LogP contribution is 2.39. The van der Waals surface area contributed by atoms with Crippen LogP contribution in [0.4, 0.5) is 37.8 Å². The van der Waals surface area contributed by atoms with E-state index in [0.29, 0.717) is 0 Å². The molecule has 2 N–H and O–H groups in total. The molecule has 3 aromatic rings. The van der Waals surface area contributed by atoms with Crippen LogP contribution in [0.2, 0.25) is 0 Å². The molecule has 0 spiro atoms. The zero-order valence-corrected chi connectivity index (χ0v) is 20.1. The number of aliphatic hydroxyl groups excluding tert-OH is 1. The minimum atomic E-state index is -4.86. The van der Waals surface area contributed by atoms with Crippen LogP contribution in [0.25, 0.3) is 10.9 Å². The molecule has 4 rings (SSSR count). The molecule has 0 aliphatic carbocycles. The van der Waals surface area contributed by atoms with Crippen LogP contribution in [0.3, 0.4) is 0 Å². The van der Waals surface area contributed by atoms with Crippen LogP contribution in [0.1, 0.15) is 22.5 Å². The molecule has 0 saturated carbocycles. The fraction of sp³-hybridized carbons (Fsp3) is 0.409. The van der Waals surface area contributed by atoms with E-state index in [1.165, 1.54) is 30.0 Å². The number of halogens is 6. The summed E-state index contributed by atoms with van der Waals surface area (Å²) in [7, 11) is -3.37. The van der Waals surface area contributed by atoms with Gasteiger partial charge in [0.2, 0.25) is 0 Å². The monoisotopic (exact) mass is 549 g/mol. The Hall–Kier alpha value is -3.20. The van der Waals surface area contributed by atoms with Gasteiger partial charge in [0.25, 0.3) is 5.92 Å². The molecule has 15 heteroatoms. The summed E-state index contributed by atoms with van der Waals surface area (Å²) in [5.74, 6) is -5.80. The van der Waals surface area contributed by atoms with Crippen molar-refractivity contribution in [2.75, 3.05) is 41.4 Å². The maximum Gasteiger partial charge on any atom is 0.435 e. The third kappa shape index (κ3) is 5.42. The number of alkyl halides is 5. The lowest BCUT2D eigenvalue weighted by atomic mass is 10.0. The second-order valence-electron chi connectivity index (χ2n) is 8.52. The molecule has 2 aromatic heterocycles. The zero-order chi connectivity index (χ0) is 27.2. The topological polar surface area (TPSA) is 108 Å². The summed E-state index contributed by atoms with van der Waals surface area (Å²) >= 11 is 0. The molecule has 0 radical (unpaired) electrons. The molecule has 1 aliphatic rings. The van der Waals surface area contributed by atoms with E-state index in [-0.39, 0.29) is 64.8 Å². The van der Waals surface area contributed by atoms with Gasteiger partial charge in [0.15, 0.2) is 21.3 Å². The van der Waals surface area contributed by atoms with Gasteiger partial charge < -0.3 is 15.3 Å². The van der Waals surface area contributed by atoms with Gasteiger partial charge in [-0.3, -0.25) is 0 Å². The normalized spacial score (nSPS) is 16.3. The van der Waals surface area contributed by atoms with E-state index in [1.807, 2.05) is 0 Å². The molecule has 0 atom stereocenters. The molecule has 37 heavy (non-hydrogen) atoms. The number of hydrogen-bond donors (Lipinski definition) is 2. The lowest BCUT2D eigenvalue weighted by molar-refractivity contribution is -0.140. The average molecular weight is 549 g/mol. The van der Waals surface area contributed by atoms with Crippen LogP contribution in [0.15, 0.2) is 24.3 Å². The number of nitrogens with zero attached hydrogens (tertiary/aromatic N) is 4. The molecule has 8 nitrogen and oxygen atoms in total. The highest BCUT2D eigenvalue weighted by molar-refractivity contribution is 7.91. The number of anilines is 2. The van der Waals surface area contributed by atoms with Crippen molar-refractivity contribution in [2.45, 2.75) is 25.6 Å². The Balaban J connectivity index is 1.76. The average Bonchev–Trinajstić information content (AvgIpc) is 2.83. The summed E-state index contributed by atoms with van der Waals surface area (Å²) in [5.41, 5.74) is -2.84. The van der Waals surface area contributed by atoms with Crippen molar-refractivity contribution in [3.05, 3.63) is 52.6 Å². The summed E-state index contributed by atoms with van der Waals surface area (Å²) in [4.78, 5) is 5.06. The molecule has 1 aromatic carbocycles. The largest absolute Gasteiger partial charge is 0.435 e. The minimum Gasteiger partial charge on any atom is -0.390 e. The maximum atomic E-state index is 14.7. The molecule has 1 saturated heterocycles. The van der Waals surface area contributed by atoms with Gasteiger partial charge in [0.1, 0.15) is 12.4 Å². The van der Waals surface area contributed by atoms with E-state index in [9.17, 15) is 34.8 Å². The summed E-state index contributed by atoms with van der Waals surface area (Å²) in [5, 5.41) is 19.4. The van der Waals surface area contributed by atoms with Crippen LogP contribution in [0, 0.1) is 12.7 Å².